The topological polar surface area (TPSA) is 105 Å². The Morgan fingerprint density at radius 3 is 2.25 bits per heavy atom. The molecule has 0 bridgehead atoms. The van der Waals surface area contributed by atoms with Crippen molar-refractivity contribution in [2.45, 2.75) is 6.61 Å². The summed E-state index contributed by atoms with van der Waals surface area (Å²) < 4.78 is 44.1. The highest BCUT2D eigenvalue weighted by Gasteiger charge is 2.16. The van der Waals surface area contributed by atoms with Crippen molar-refractivity contribution < 1.29 is 37.4 Å². The minimum atomic E-state index is -1.74. The van der Waals surface area contributed by atoms with Crippen LogP contribution in [0.15, 0.2) is 36.4 Å². The fourth-order valence-electron chi connectivity index (χ4n) is 2.01. The molecule has 2 rings (SSSR count). The van der Waals surface area contributed by atoms with Crippen LogP contribution in [0.2, 0.25) is 0 Å². The van der Waals surface area contributed by atoms with Crippen molar-refractivity contribution in [1.29, 1.82) is 0 Å². The number of carbonyl (C=O) groups excluding carboxylic acids is 3. The van der Waals surface area contributed by atoms with Crippen molar-refractivity contribution in [3.8, 4) is 0 Å². The van der Waals surface area contributed by atoms with Gasteiger partial charge in [-0.2, -0.15) is 0 Å². The van der Waals surface area contributed by atoms with Gasteiger partial charge in [0.15, 0.2) is 24.1 Å². The van der Waals surface area contributed by atoms with Gasteiger partial charge in [0.05, 0.1) is 24.4 Å². The number of amides is 2. The van der Waals surface area contributed by atoms with Crippen LogP contribution >= 0.6 is 0 Å². The molecule has 2 aromatic rings. The summed E-state index contributed by atoms with van der Waals surface area (Å²) in [5.74, 6) is -7.20. The summed E-state index contributed by atoms with van der Waals surface area (Å²) in [5, 5.41) is 13.0. The minimum Gasteiger partial charge on any atom is -0.452 e. The van der Waals surface area contributed by atoms with Gasteiger partial charge in [-0.3, -0.25) is 9.59 Å². The van der Waals surface area contributed by atoms with Gasteiger partial charge in [0.25, 0.3) is 5.91 Å². The molecule has 2 aromatic carbocycles. The number of hydrogen-bond donors (Lipinski definition) is 3. The molecule has 10 heteroatoms. The highest BCUT2D eigenvalue weighted by molar-refractivity contribution is 5.95. The average Bonchev–Trinajstić information content (AvgIpc) is 2.71. The molecule has 0 fully saturated rings. The Labute approximate surface area is 157 Å². The first-order valence-corrected chi connectivity index (χ1v) is 7.88. The maximum absolute atomic E-state index is 13.5. The zero-order chi connectivity index (χ0) is 20.7. The van der Waals surface area contributed by atoms with E-state index in [2.05, 4.69) is 5.32 Å². The van der Waals surface area contributed by atoms with E-state index in [-0.39, 0.29) is 12.2 Å². The average molecular weight is 396 g/mol. The van der Waals surface area contributed by atoms with Gasteiger partial charge in [-0.05, 0) is 29.8 Å². The Bertz CT molecular complexity index is 888. The van der Waals surface area contributed by atoms with Gasteiger partial charge in [0.2, 0.25) is 5.91 Å². The van der Waals surface area contributed by atoms with Crippen LogP contribution < -0.4 is 10.6 Å². The number of aliphatic hydroxyl groups is 1. The lowest BCUT2D eigenvalue weighted by molar-refractivity contribution is -0.126. The summed E-state index contributed by atoms with van der Waals surface area (Å²) in [4.78, 5) is 35.0. The number of hydrogen-bond acceptors (Lipinski definition) is 5. The third-order valence-electron chi connectivity index (χ3n) is 3.46. The van der Waals surface area contributed by atoms with Gasteiger partial charge in [0, 0.05) is 0 Å². The predicted octanol–water partition coefficient (Wildman–Crippen LogP) is 1.51. The lowest BCUT2D eigenvalue weighted by Gasteiger charge is -2.09. The fourth-order valence-corrected chi connectivity index (χ4v) is 2.01. The number of benzene rings is 2. The third-order valence-corrected chi connectivity index (χ3v) is 3.46. The van der Waals surface area contributed by atoms with E-state index in [1.807, 2.05) is 5.32 Å². The number of esters is 1. The van der Waals surface area contributed by atoms with E-state index in [9.17, 15) is 27.6 Å². The second-order valence-corrected chi connectivity index (χ2v) is 5.48. The van der Waals surface area contributed by atoms with Crippen LogP contribution in [0.3, 0.4) is 0 Å². The maximum Gasteiger partial charge on any atom is 0.338 e. The normalized spacial score (nSPS) is 10.3. The van der Waals surface area contributed by atoms with Crippen molar-refractivity contribution in [3.63, 3.8) is 0 Å². The van der Waals surface area contributed by atoms with E-state index in [1.165, 1.54) is 24.3 Å². The predicted molar refractivity (Wildman–Crippen MR) is 90.6 cm³/mol. The van der Waals surface area contributed by atoms with Crippen LogP contribution in [0.25, 0.3) is 0 Å². The second kappa shape index (κ2) is 9.51. The SMILES string of the molecule is O=C(COC(=O)c1ccc(CO)cc1)NCC(=O)Nc1ccc(F)c(F)c1F. The number of ether oxygens (including phenoxy) is 1. The molecule has 0 aliphatic carbocycles. The molecule has 3 N–H and O–H groups in total. The van der Waals surface area contributed by atoms with Gasteiger partial charge >= 0.3 is 5.97 Å². The molecule has 0 unspecified atom stereocenters. The van der Waals surface area contributed by atoms with E-state index in [4.69, 9.17) is 9.84 Å². The van der Waals surface area contributed by atoms with Gasteiger partial charge in [-0.15, -0.1) is 0 Å². The van der Waals surface area contributed by atoms with Crippen LogP contribution in [0.5, 0.6) is 0 Å². The Morgan fingerprint density at radius 2 is 1.61 bits per heavy atom. The molecule has 0 atom stereocenters. The van der Waals surface area contributed by atoms with Crippen LogP contribution in [0.4, 0.5) is 18.9 Å². The Balaban J connectivity index is 1.78. The van der Waals surface area contributed by atoms with Crippen molar-refractivity contribution in [2.75, 3.05) is 18.5 Å². The molecule has 148 valence electrons. The van der Waals surface area contributed by atoms with E-state index in [0.717, 1.165) is 6.07 Å². The number of rotatable bonds is 7. The first kappa shape index (κ1) is 20.9. The Morgan fingerprint density at radius 1 is 0.929 bits per heavy atom. The van der Waals surface area contributed by atoms with Crippen molar-refractivity contribution >= 4 is 23.5 Å². The molecule has 0 aliphatic rings. The van der Waals surface area contributed by atoms with Crippen molar-refractivity contribution in [3.05, 3.63) is 65.0 Å². The van der Waals surface area contributed by atoms with Crippen LogP contribution in [-0.2, 0) is 20.9 Å². The van der Waals surface area contributed by atoms with E-state index in [1.54, 1.807) is 0 Å². The van der Waals surface area contributed by atoms with Crippen LogP contribution in [-0.4, -0.2) is 36.0 Å². The number of anilines is 1. The molecule has 0 heterocycles. The van der Waals surface area contributed by atoms with Gasteiger partial charge in [-0.25, -0.2) is 18.0 Å². The van der Waals surface area contributed by atoms with E-state index in [0.29, 0.717) is 11.6 Å². The number of nitrogens with one attached hydrogen (secondary N) is 2. The monoisotopic (exact) mass is 396 g/mol. The third kappa shape index (κ3) is 5.55. The summed E-state index contributed by atoms with van der Waals surface area (Å²) >= 11 is 0. The minimum absolute atomic E-state index is 0.163. The first-order chi connectivity index (χ1) is 13.3. The molecular weight excluding hydrogens is 381 g/mol. The Kier molecular flexibility index (Phi) is 7.10. The quantitative estimate of drug-likeness (QED) is 0.486. The van der Waals surface area contributed by atoms with Gasteiger partial charge in [-0.1, -0.05) is 12.1 Å². The smallest absolute Gasteiger partial charge is 0.338 e. The molecule has 0 radical (unpaired) electrons. The molecule has 28 heavy (non-hydrogen) atoms. The van der Waals surface area contributed by atoms with Gasteiger partial charge in [0.1, 0.15) is 0 Å². The number of carbonyl (C=O) groups is 3. The molecule has 2 amide bonds. The summed E-state index contributed by atoms with van der Waals surface area (Å²) in [6.45, 7) is -1.47. The summed E-state index contributed by atoms with van der Waals surface area (Å²) in [5.41, 5.74) is 0.172. The van der Waals surface area contributed by atoms with Crippen LogP contribution in [0, 0.1) is 17.5 Å². The summed E-state index contributed by atoms with van der Waals surface area (Å²) in [6.07, 6.45) is 0. The summed E-state index contributed by atoms with van der Waals surface area (Å²) in [7, 11) is 0. The lowest BCUT2D eigenvalue weighted by Crippen LogP contribution is -2.35. The van der Waals surface area contributed by atoms with Crippen molar-refractivity contribution in [1.82, 2.24) is 5.32 Å². The standard InChI is InChI=1S/C18H15F3N2O5/c19-12-5-6-13(17(21)16(12)20)23-14(25)7-22-15(26)9-28-18(27)11-3-1-10(8-24)2-4-11/h1-6,24H,7-9H2,(H,22,26)(H,23,25). The number of aliphatic hydroxyl groups excluding tert-OH is 1. The molecule has 0 saturated carbocycles. The van der Waals surface area contributed by atoms with Gasteiger partial charge < -0.3 is 20.5 Å². The number of halogens is 3. The molecule has 0 saturated heterocycles. The highest BCUT2D eigenvalue weighted by Crippen LogP contribution is 2.19. The van der Waals surface area contributed by atoms with Crippen molar-refractivity contribution in [2.24, 2.45) is 0 Å². The van der Waals surface area contributed by atoms with E-state index < -0.39 is 54.1 Å². The second-order valence-electron chi connectivity index (χ2n) is 5.48. The molecule has 0 spiro atoms. The Hall–Kier alpha value is -3.40. The molecular formula is C18H15F3N2O5. The lowest BCUT2D eigenvalue weighted by atomic mass is 10.1. The highest BCUT2D eigenvalue weighted by atomic mass is 19.2. The zero-order valence-electron chi connectivity index (χ0n) is 14.3. The molecule has 7 nitrogen and oxygen atoms in total. The first-order valence-electron chi connectivity index (χ1n) is 7.88. The zero-order valence-corrected chi connectivity index (χ0v) is 14.3. The molecule has 0 aromatic heterocycles. The summed E-state index contributed by atoms with van der Waals surface area (Å²) in [6, 6.07) is 7.32. The fraction of sp³-hybridized carbons (Fsp3) is 0.167. The molecule has 0 aliphatic heterocycles. The van der Waals surface area contributed by atoms with E-state index >= 15 is 0 Å². The largest absolute Gasteiger partial charge is 0.452 e. The maximum atomic E-state index is 13.5. The van der Waals surface area contributed by atoms with Crippen LogP contribution in [0.1, 0.15) is 15.9 Å².